The maximum atomic E-state index is 12.9. The maximum absolute atomic E-state index is 12.9. The van der Waals surface area contributed by atoms with Gasteiger partial charge in [-0.15, -0.1) is 11.3 Å². The lowest BCUT2D eigenvalue weighted by atomic mass is 9.79. The molecule has 1 aliphatic rings. The molecule has 0 spiro atoms. The minimum atomic E-state index is -0.289. The molecule has 3 atom stereocenters. The van der Waals surface area contributed by atoms with Crippen LogP contribution in [-0.2, 0) is 14.3 Å². The van der Waals surface area contributed by atoms with Crippen LogP contribution in [0.25, 0.3) is 10.2 Å². The van der Waals surface area contributed by atoms with Gasteiger partial charge in [-0.1, -0.05) is 49.2 Å². The summed E-state index contributed by atoms with van der Waals surface area (Å²) in [4.78, 5) is 30.1. The number of aromatic nitrogens is 1. The summed E-state index contributed by atoms with van der Waals surface area (Å²) in [6.45, 7) is 3.70. The molecule has 0 saturated heterocycles. The molecule has 1 fully saturated rings. The summed E-state index contributed by atoms with van der Waals surface area (Å²) < 4.78 is 6.60. The largest absolute Gasteiger partial charge is 0.455 e. The Hall–Kier alpha value is -2.73. The zero-order valence-electron chi connectivity index (χ0n) is 18.0. The average molecular weight is 437 g/mol. The van der Waals surface area contributed by atoms with Crippen molar-refractivity contribution < 1.29 is 14.3 Å². The third-order valence-electron chi connectivity index (χ3n) is 6.07. The molecule has 1 N–H and O–H groups in total. The van der Waals surface area contributed by atoms with Crippen molar-refractivity contribution in [2.45, 2.75) is 51.5 Å². The van der Waals surface area contributed by atoms with Gasteiger partial charge >= 0.3 is 5.97 Å². The van der Waals surface area contributed by atoms with Crippen LogP contribution in [0.1, 0.15) is 60.7 Å². The lowest BCUT2D eigenvalue weighted by Crippen LogP contribution is -2.34. The molecule has 5 nitrogen and oxygen atoms in total. The Labute approximate surface area is 186 Å². The Balaban J connectivity index is 1.37. The second-order valence-corrected chi connectivity index (χ2v) is 9.33. The molecule has 6 heteroatoms. The van der Waals surface area contributed by atoms with Crippen LogP contribution in [0.4, 0.5) is 0 Å². The SMILES string of the molecule is Cc1ccccc1C(C)NC(=O)COC(=O)C1CCCCC1c1nc2ccccc2s1. The smallest absolute Gasteiger partial charge is 0.310 e. The van der Waals surface area contributed by atoms with Crippen molar-refractivity contribution in [3.8, 4) is 0 Å². The Bertz CT molecular complexity index is 1040. The van der Waals surface area contributed by atoms with E-state index < -0.39 is 0 Å². The summed E-state index contributed by atoms with van der Waals surface area (Å²) in [5.41, 5.74) is 3.16. The van der Waals surface area contributed by atoms with E-state index in [9.17, 15) is 9.59 Å². The molecule has 31 heavy (non-hydrogen) atoms. The van der Waals surface area contributed by atoms with Crippen LogP contribution < -0.4 is 5.32 Å². The van der Waals surface area contributed by atoms with Crippen LogP contribution in [0.15, 0.2) is 48.5 Å². The molecule has 162 valence electrons. The van der Waals surface area contributed by atoms with Gasteiger partial charge in [-0.25, -0.2) is 4.98 Å². The number of para-hydroxylation sites is 1. The molecule has 1 saturated carbocycles. The molecule has 2 aromatic carbocycles. The van der Waals surface area contributed by atoms with E-state index in [-0.39, 0.29) is 36.4 Å². The van der Waals surface area contributed by atoms with Crippen molar-refractivity contribution in [1.82, 2.24) is 10.3 Å². The number of aryl methyl sites for hydroxylation is 1. The van der Waals surface area contributed by atoms with Crippen molar-refractivity contribution in [1.29, 1.82) is 0 Å². The van der Waals surface area contributed by atoms with E-state index >= 15 is 0 Å². The van der Waals surface area contributed by atoms with E-state index in [1.165, 1.54) is 0 Å². The van der Waals surface area contributed by atoms with Crippen molar-refractivity contribution in [2.24, 2.45) is 5.92 Å². The molecule has 1 heterocycles. The number of amides is 1. The van der Waals surface area contributed by atoms with Crippen LogP contribution in [0.3, 0.4) is 0 Å². The van der Waals surface area contributed by atoms with Crippen LogP contribution >= 0.6 is 11.3 Å². The number of benzene rings is 2. The number of carbonyl (C=O) groups excluding carboxylic acids is 2. The molecule has 0 aliphatic heterocycles. The van der Waals surface area contributed by atoms with E-state index in [4.69, 9.17) is 9.72 Å². The molecular formula is C25H28N2O3S. The predicted molar refractivity (Wildman–Crippen MR) is 123 cm³/mol. The van der Waals surface area contributed by atoms with Crippen LogP contribution in [-0.4, -0.2) is 23.5 Å². The van der Waals surface area contributed by atoms with Crippen molar-refractivity contribution in [3.05, 3.63) is 64.7 Å². The highest BCUT2D eigenvalue weighted by Gasteiger charge is 2.35. The molecule has 0 bridgehead atoms. The van der Waals surface area contributed by atoms with Crippen molar-refractivity contribution in [3.63, 3.8) is 0 Å². The first kappa shape index (κ1) is 21.5. The summed E-state index contributed by atoms with van der Waals surface area (Å²) in [6, 6.07) is 15.9. The first-order chi connectivity index (χ1) is 15.0. The second kappa shape index (κ2) is 9.60. The number of thiazole rings is 1. The van der Waals surface area contributed by atoms with Gasteiger partial charge in [0.2, 0.25) is 0 Å². The number of carbonyl (C=O) groups is 2. The highest BCUT2D eigenvalue weighted by atomic mass is 32.1. The van der Waals surface area contributed by atoms with E-state index in [1.54, 1.807) is 11.3 Å². The van der Waals surface area contributed by atoms with Gasteiger partial charge < -0.3 is 10.1 Å². The van der Waals surface area contributed by atoms with E-state index in [0.29, 0.717) is 0 Å². The molecule has 1 amide bonds. The van der Waals surface area contributed by atoms with E-state index in [2.05, 4.69) is 11.4 Å². The quantitative estimate of drug-likeness (QED) is 0.533. The zero-order chi connectivity index (χ0) is 21.8. The van der Waals surface area contributed by atoms with E-state index in [1.807, 2.05) is 56.3 Å². The molecule has 1 aromatic heterocycles. The number of hydrogen-bond acceptors (Lipinski definition) is 5. The zero-order valence-corrected chi connectivity index (χ0v) is 18.8. The third-order valence-corrected chi connectivity index (χ3v) is 7.24. The van der Waals surface area contributed by atoms with Gasteiger partial charge in [0, 0.05) is 5.92 Å². The number of nitrogens with zero attached hydrogens (tertiary/aromatic N) is 1. The summed E-state index contributed by atoms with van der Waals surface area (Å²) in [7, 11) is 0. The number of fused-ring (bicyclic) bond motifs is 1. The summed E-state index contributed by atoms with van der Waals surface area (Å²) in [5, 5.41) is 3.93. The number of ether oxygens (including phenoxy) is 1. The topological polar surface area (TPSA) is 68.3 Å². The minimum Gasteiger partial charge on any atom is -0.455 e. The predicted octanol–water partition coefficient (Wildman–Crippen LogP) is 5.30. The summed E-state index contributed by atoms with van der Waals surface area (Å²) in [6.07, 6.45) is 3.78. The lowest BCUT2D eigenvalue weighted by Gasteiger charge is -2.28. The summed E-state index contributed by atoms with van der Waals surface area (Å²) in [5.74, 6) is -0.748. The number of hydrogen-bond donors (Lipinski definition) is 1. The average Bonchev–Trinajstić information content (AvgIpc) is 3.22. The Kier molecular flexibility index (Phi) is 6.66. The fourth-order valence-corrected chi connectivity index (χ4v) is 5.60. The van der Waals surface area contributed by atoms with Gasteiger partial charge in [0.25, 0.3) is 5.91 Å². The van der Waals surface area contributed by atoms with Crippen LogP contribution in [0, 0.1) is 12.8 Å². The van der Waals surface area contributed by atoms with Gasteiger partial charge in [0.1, 0.15) is 0 Å². The monoisotopic (exact) mass is 436 g/mol. The highest BCUT2D eigenvalue weighted by molar-refractivity contribution is 7.18. The second-order valence-electron chi connectivity index (χ2n) is 8.27. The van der Waals surface area contributed by atoms with Crippen molar-refractivity contribution >= 4 is 33.4 Å². The van der Waals surface area contributed by atoms with Crippen LogP contribution in [0.5, 0.6) is 0 Å². The molecule has 0 radical (unpaired) electrons. The summed E-state index contributed by atoms with van der Waals surface area (Å²) >= 11 is 1.66. The van der Waals surface area contributed by atoms with Crippen LogP contribution in [0.2, 0.25) is 0 Å². The van der Waals surface area contributed by atoms with Gasteiger partial charge in [-0.3, -0.25) is 9.59 Å². The highest BCUT2D eigenvalue weighted by Crippen LogP contribution is 2.41. The standard InChI is InChI=1S/C25H28N2O3S/c1-16-9-3-4-10-18(16)17(2)26-23(28)15-30-25(29)20-12-6-5-11-19(20)24-27-21-13-7-8-14-22(21)31-24/h3-4,7-10,13-14,17,19-20H,5-6,11-12,15H2,1-2H3,(H,26,28). The minimum absolute atomic E-state index is 0.0626. The molecule has 3 unspecified atom stereocenters. The molecule has 3 aromatic rings. The Morgan fingerprint density at radius 1 is 1.13 bits per heavy atom. The lowest BCUT2D eigenvalue weighted by molar-refractivity contribution is -0.154. The molecular weight excluding hydrogens is 408 g/mol. The number of esters is 1. The first-order valence-electron chi connectivity index (χ1n) is 10.9. The third kappa shape index (κ3) is 4.96. The fraction of sp³-hybridized carbons (Fsp3) is 0.400. The normalized spacial score (nSPS) is 19.7. The number of nitrogens with one attached hydrogen (secondary N) is 1. The Morgan fingerprint density at radius 3 is 2.68 bits per heavy atom. The van der Waals surface area contributed by atoms with Gasteiger partial charge in [-0.2, -0.15) is 0 Å². The fourth-order valence-electron chi connectivity index (χ4n) is 4.43. The van der Waals surface area contributed by atoms with Gasteiger partial charge in [0.05, 0.1) is 27.2 Å². The molecule has 1 aliphatic carbocycles. The number of rotatable bonds is 6. The maximum Gasteiger partial charge on any atom is 0.310 e. The van der Waals surface area contributed by atoms with E-state index in [0.717, 1.165) is 52.0 Å². The molecule has 4 rings (SSSR count). The van der Waals surface area contributed by atoms with Crippen molar-refractivity contribution in [2.75, 3.05) is 6.61 Å². The first-order valence-corrected chi connectivity index (χ1v) is 11.7. The van der Waals surface area contributed by atoms with Gasteiger partial charge in [-0.05, 0) is 49.9 Å². The van der Waals surface area contributed by atoms with Gasteiger partial charge in [0.15, 0.2) is 6.61 Å². The Morgan fingerprint density at radius 2 is 1.87 bits per heavy atom.